The van der Waals surface area contributed by atoms with Gasteiger partial charge in [-0.1, -0.05) is 6.92 Å². The third-order valence-electron chi connectivity index (χ3n) is 3.50. The van der Waals surface area contributed by atoms with Gasteiger partial charge < -0.3 is 15.4 Å². The van der Waals surface area contributed by atoms with Crippen molar-refractivity contribution in [3.63, 3.8) is 0 Å². The van der Waals surface area contributed by atoms with Crippen molar-refractivity contribution < 1.29 is 9.53 Å². The highest BCUT2D eigenvalue weighted by atomic mass is 16.5. The van der Waals surface area contributed by atoms with Gasteiger partial charge in [0, 0.05) is 32.9 Å². The summed E-state index contributed by atoms with van der Waals surface area (Å²) < 4.78 is 7.55. The molecule has 0 radical (unpaired) electrons. The molecule has 112 valence electrons. The number of rotatable bonds is 3. The zero-order chi connectivity index (χ0) is 14.9. The Hall–Kier alpha value is -1.40. The van der Waals surface area contributed by atoms with Gasteiger partial charge in [0.15, 0.2) is 0 Å². The zero-order valence-electron chi connectivity index (χ0n) is 12.7. The van der Waals surface area contributed by atoms with Crippen LogP contribution in [0.5, 0.6) is 0 Å². The molecule has 0 saturated carbocycles. The molecule has 1 unspecified atom stereocenters. The number of hydrogen-bond acceptors (Lipinski definition) is 4. The van der Waals surface area contributed by atoms with E-state index in [0.29, 0.717) is 25.2 Å². The van der Waals surface area contributed by atoms with Gasteiger partial charge in [0.2, 0.25) is 0 Å². The molecule has 1 atom stereocenters. The summed E-state index contributed by atoms with van der Waals surface area (Å²) in [6.45, 7) is 7.50. The maximum atomic E-state index is 12.7. The fourth-order valence-electron chi connectivity index (χ4n) is 2.72. The van der Waals surface area contributed by atoms with Crippen LogP contribution in [0.25, 0.3) is 0 Å². The van der Waals surface area contributed by atoms with Crippen LogP contribution >= 0.6 is 0 Å². The smallest absolute Gasteiger partial charge is 0.257 e. The van der Waals surface area contributed by atoms with E-state index in [-0.39, 0.29) is 17.6 Å². The van der Waals surface area contributed by atoms with Gasteiger partial charge in [0.25, 0.3) is 5.91 Å². The highest BCUT2D eigenvalue weighted by molar-refractivity contribution is 5.95. The van der Waals surface area contributed by atoms with Gasteiger partial charge in [-0.25, -0.2) is 0 Å². The van der Waals surface area contributed by atoms with Crippen molar-refractivity contribution in [3.8, 4) is 0 Å². The predicted molar refractivity (Wildman–Crippen MR) is 76.5 cm³/mol. The third-order valence-corrected chi connectivity index (χ3v) is 3.50. The van der Waals surface area contributed by atoms with E-state index in [1.165, 1.54) is 0 Å². The molecule has 2 rings (SSSR count). The lowest BCUT2D eigenvalue weighted by atomic mass is 10.0. The number of morpholine rings is 1. The first-order chi connectivity index (χ1) is 9.36. The van der Waals surface area contributed by atoms with Gasteiger partial charge in [0.1, 0.15) is 0 Å². The molecular formula is C14H24N4O2. The summed E-state index contributed by atoms with van der Waals surface area (Å²) in [6, 6.07) is 0. The molecular weight excluding hydrogens is 256 g/mol. The molecule has 6 nitrogen and oxygen atoms in total. The van der Waals surface area contributed by atoms with E-state index in [1.807, 2.05) is 32.7 Å². The summed E-state index contributed by atoms with van der Waals surface area (Å²) in [7, 11) is 1.84. The van der Waals surface area contributed by atoms with E-state index in [2.05, 4.69) is 5.10 Å². The molecule has 1 fully saturated rings. The molecule has 0 aromatic carbocycles. The number of ether oxygens (including phenoxy) is 1. The number of aromatic nitrogens is 2. The van der Waals surface area contributed by atoms with Gasteiger partial charge in [0.05, 0.1) is 23.0 Å². The second kappa shape index (κ2) is 5.54. The number of carbonyl (C=O) groups is 1. The molecule has 1 aliphatic heterocycles. The summed E-state index contributed by atoms with van der Waals surface area (Å²) in [6.07, 6.45) is 2.43. The minimum atomic E-state index is -0.369. The van der Waals surface area contributed by atoms with Crippen molar-refractivity contribution in [1.82, 2.24) is 14.7 Å². The number of carbonyl (C=O) groups excluding carboxylic acids is 1. The Bertz CT molecular complexity index is 495. The van der Waals surface area contributed by atoms with Crippen LogP contribution < -0.4 is 5.73 Å². The largest absolute Gasteiger partial charge is 0.367 e. The fraction of sp³-hybridized carbons (Fsp3) is 0.714. The lowest BCUT2D eigenvalue weighted by Gasteiger charge is -2.42. The van der Waals surface area contributed by atoms with E-state index >= 15 is 0 Å². The summed E-state index contributed by atoms with van der Waals surface area (Å²) in [5.41, 5.74) is 6.86. The highest BCUT2D eigenvalue weighted by Gasteiger charge is 2.36. The Kier molecular flexibility index (Phi) is 4.15. The Morgan fingerprint density at radius 1 is 1.60 bits per heavy atom. The number of hydrogen-bond donors (Lipinski definition) is 1. The zero-order valence-corrected chi connectivity index (χ0v) is 12.7. The lowest BCUT2D eigenvalue weighted by Crippen LogP contribution is -2.56. The first kappa shape index (κ1) is 15.0. The van der Waals surface area contributed by atoms with Crippen LogP contribution in [-0.2, 0) is 18.2 Å². The Morgan fingerprint density at radius 3 is 2.90 bits per heavy atom. The van der Waals surface area contributed by atoms with Crippen LogP contribution in [0.4, 0.5) is 0 Å². The molecule has 1 aliphatic rings. The Balaban J connectivity index is 2.23. The maximum Gasteiger partial charge on any atom is 0.257 e. The fourth-order valence-corrected chi connectivity index (χ4v) is 2.72. The summed E-state index contributed by atoms with van der Waals surface area (Å²) in [4.78, 5) is 14.5. The van der Waals surface area contributed by atoms with Crippen molar-refractivity contribution >= 4 is 5.91 Å². The van der Waals surface area contributed by atoms with Crippen molar-refractivity contribution in [2.75, 3.05) is 19.6 Å². The number of nitrogens with two attached hydrogens (primary N) is 1. The molecule has 0 bridgehead atoms. The van der Waals surface area contributed by atoms with Crippen molar-refractivity contribution in [3.05, 3.63) is 17.5 Å². The molecule has 1 saturated heterocycles. The van der Waals surface area contributed by atoms with Crippen LogP contribution in [0.1, 0.15) is 36.8 Å². The molecule has 1 aromatic rings. The van der Waals surface area contributed by atoms with Crippen LogP contribution in [0.3, 0.4) is 0 Å². The van der Waals surface area contributed by atoms with Gasteiger partial charge in [-0.2, -0.15) is 5.10 Å². The standard InChI is InChI=1S/C14H24N4O2/c1-5-12-11(8-17(4)16-12)13(19)18-7-10(6-15)20-14(2,3)9-18/h8,10H,5-7,9,15H2,1-4H3. The van der Waals surface area contributed by atoms with Gasteiger partial charge in [-0.15, -0.1) is 0 Å². The molecule has 1 aromatic heterocycles. The summed E-state index contributed by atoms with van der Waals surface area (Å²) in [5.74, 6) is 0.0183. The van der Waals surface area contributed by atoms with E-state index in [1.54, 1.807) is 10.9 Å². The second-order valence-corrected chi connectivity index (χ2v) is 5.94. The average molecular weight is 280 g/mol. The number of aryl methyl sites for hydroxylation is 2. The number of amides is 1. The normalized spacial score (nSPS) is 22.1. The highest BCUT2D eigenvalue weighted by Crippen LogP contribution is 2.23. The van der Waals surface area contributed by atoms with E-state index in [0.717, 1.165) is 12.1 Å². The van der Waals surface area contributed by atoms with Crippen molar-refractivity contribution in [2.24, 2.45) is 12.8 Å². The molecule has 0 spiro atoms. The summed E-state index contributed by atoms with van der Waals surface area (Å²) >= 11 is 0. The molecule has 6 heteroatoms. The average Bonchev–Trinajstić information content (AvgIpc) is 2.77. The minimum absolute atomic E-state index is 0.0183. The van der Waals surface area contributed by atoms with Crippen LogP contribution in [0, 0.1) is 0 Å². The van der Waals surface area contributed by atoms with Crippen LogP contribution in [0.2, 0.25) is 0 Å². The monoisotopic (exact) mass is 280 g/mol. The first-order valence-corrected chi connectivity index (χ1v) is 7.06. The van der Waals surface area contributed by atoms with E-state index in [4.69, 9.17) is 10.5 Å². The molecule has 20 heavy (non-hydrogen) atoms. The van der Waals surface area contributed by atoms with Gasteiger partial charge in [-0.3, -0.25) is 9.48 Å². The minimum Gasteiger partial charge on any atom is -0.367 e. The summed E-state index contributed by atoms with van der Waals surface area (Å²) in [5, 5.41) is 4.33. The first-order valence-electron chi connectivity index (χ1n) is 7.06. The van der Waals surface area contributed by atoms with Crippen LogP contribution in [-0.4, -0.2) is 51.9 Å². The SMILES string of the molecule is CCc1nn(C)cc1C(=O)N1CC(CN)OC(C)(C)C1. The molecule has 0 aliphatic carbocycles. The quantitative estimate of drug-likeness (QED) is 0.878. The Morgan fingerprint density at radius 2 is 2.30 bits per heavy atom. The van der Waals surface area contributed by atoms with Gasteiger partial charge >= 0.3 is 0 Å². The Labute approximate surface area is 119 Å². The number of nitrogens with zero attached hydrogens (tertiary/aromatic N) is 3. The maximum absolute atomic E-state index is 12.7. The van der Waals surface area contributed by atoms with Crippen molar-refractivity contribution in [2.45, 2.75) is 38.9 Å². The van der Waals surface area contributed by atoms with Gasteiger partial charge in [-0.05, 0) is 20.3 Å². The lowest BCUT2D eigenvalue weighted by molar-refractivity contribution is -0.122. The molecule has 2 N–H and O–H groups in total. The van der Waals surface area contributed by atoms with E-state index < -0.39 is 0 Å². The topological polar surface area (TPSA) is 73.4 Å². The molecule has 2 heterocycles. The predicted octanol–water partition coefficient (Wildman–Crippen LogP) is 0.561. The third kappa shape index (κ3) is 3.02. The van der Waals surface area contributed by atoms with Crippen LogP contribution in [0.15, 0.2) is 6.20 Å². The molecule has 1 amide bonds. The second-order valence-electron chi connectivity index (χ2n) is 5.94. The van der Waals surface area contributed by atoms with E-state index in [9.17, 15) is 4.79 Å². The van der Waals surface area contributed by atoms with Crippen molar-refractivity contribution in [1.29, 1.82) is 0 Å².